The molecule has 0 radical (unpaired) electrons. The Balaban J connectivity index is 2.07. The number of carbonyl (C=O) groups excluding carboxylic acids is 1. The van der Waals surface area contributed by atoms with Crippen molar-refractivity contribution >= 4 is 17.5 Å². The second-order valence-corrected chi connectivity index (χ2v) is 3.76. The molecular formula is C11H16N4O2. The number of nitrogens with one attached hydrogen (secondary N) is 1. The third-order valence-electron chi connectivity index (χ3n) is 2.58. The minimum Gasteiger partial charge on any atom is -0.378 e. The van der Waals surface area contributed by atoms with Crippen molar-refractivity contribution < 1.29 is 9.53 Å². The van der Waals surface area contributed by atoms with Gasteiger partial charge < -0.3 is 15.0 Å². The van der Waals surface area contributed by atoms with E-state index in [-0.39, 0.29) is 5.91 Å². The van der Waals surface area contributed by atoms with Gasteiger partial charge in [-0.25, -0.2) is 9.97 Å². The summed E-state index contributed by atoms with van der Waals surface area (Å²) in [7, 11) is 0. The van der Waals surface area contributed by atoms with Gasteiger partial charge >= 0.3 is 0 Å². The second-order valence-electron chi connectivity index (χ2n) is 3.76. The Kier molecular flexibility index (Phi) is 3.87. The Morgan fingerprint density at radius 3 is 2.94 bits per heavy atom. The topological polar surface area (TPSA) is 67.4 Å². The fraction of sp³-hybridized carbons (Fsp3) is 0.545. The maximum absolute atomic E-state index is 11.3. The molecule has 1 aromatic heterocycles. The zero-order valence-electron chi connectivity index (χ0n) is 9.85. The van der Waals surface area contributed by atoms with Gasteiger partial charge in [0.15, 0.2) is 0 Å². The van der Waals surface area contributed by atoms with Gasteiger partial charge in [-0.05, 0) is 0 Å². The van der Waals surface area contributed by atoms with E-state index < -0.39 is 0 Å². The summed E-state index contributed by atoms with van der Waals surface area (Å²) in [6.07, 6.45) is 1.91. The highest BCUT2D eigenvalue weighted by Gasteiger charge is 2.13. The van der Waals surface area contributed by atoms with Crippen LogP contribution in [-0.2, 0) is 9.53 Å². The van der Waals surface area contributed by atoms with E-state index in [1.807, 2.05) is 0 Å². The van der Waals surface area contributed by atoms with E-state index in [9.17, 15) is 4.79 Å². The molecule has 1 aliphatic rings. The lowest BCUT2D eigenvalue weighted by atomic mass is 10.4. The van der Waals surface area contributed by atoms with E-state index in [0.29, 0.717) is 25.5 Å². The van der Waals surface area contributed by atoms with Crippen molar-refractivity contribution in [2.24, 2.45) is 0 Å². The summed E-state index contributed by atoms with van der Waals surface area (Å²) in [6.45, 7) is 4.86. The van der Waals surface area contributed by atoms with Gasteiger partial charge in [-0.15, -0.1) is 0 Å². The molecule has 6 heteroatoms. The Hall–Kier alpha value is -1.69. The first kappa shape index (κ1) is 11.8. The highest BCUT2D eigenvalue weighted by Crippen LogP contribution is 2.15. The van der Waals surface area contributed by atoms with Gasteiger partial charge in [0.2, 0.25) is 5.91 Å². The first-order valence-electron chi connectivity index (χ1n) is 5.74. The second kappa shape index (κ2) is 5.58. The van der Waals surface area contributed by atoms with Gasteiger partial charge in [0.1, 0.15) is 18.0 Å². The zero-order valence-corrected chi connectivity index (χ0v) is 9.85. The van der Waals surface area contributed by atoms with Gasteiger partial charge in [-0.1, -0.05) is 6.92 Å². The van der Waals surface area contributed by atoms with Crippen LogP contribution in [0.1, 0.15) is 13.3 Å². The van der Waals surface area contributed by atoms with Crippen molar-refractivity contribution in [1.29, 1.82) is 0 Å². The highest BCUT2D eigenvalue weighted by molar-refractivity contribution is 5.89. The lowest BCUT2D eigenvalue weighted by molar-refractivity contribution is -0.115. The maximum Gasteiger partial charge on any atom is 0.225 e. The molecule has 0 aliphatic carbocycles. The monoisotopic (exact) mass is 236 g/mol. The number of anilines is 2. The van der Waals surface area contributed by atoms with Crippen LogP contribution in [0.2, 0.25) is 0 Å². The van der Waals surface area contributed by atoms with Crippen LogP contribution < -0.4 is 10.2 Å². The van der Waals surface area contributed by atoms with E-state index in [4.69, 9.17) is 4.74 Å². The van der Waals surface area contributed by atoms with Crippen molar-refractivity contribution in [1.82, 2.24) is 9.97 Å². The van der Waals surface area contributed by atoms with Crippen molar-refractivity contribution in [3.63, 3.8) is 0 Å². The van der Waals surface area contributed by atoms with Crippen molar-refractivity contribution in [3.05, 3.63) is 12.4 Å². The molecule has 1 aromatic rings. The fourth-order valence-corrected chi connectivity index (χ4v) is 1.61. The molecule has 92 valence electrons. The van der Waals surface area contributed by atoms with Crippen LogP contribution in [0.15, 0.2) is 12.4 Å². The van der Waals surface area contributed by atoms with Crippen LogP contribution >= 0.6 is 0 Å². The molecule has 1 aliphatic heterocycles. The summed E-state index contributed by atoms with van der Waals surface area (Å²) < 4.78 is 5.28. The lowest BCUT2D eigenvalue weighted by Crippen LogP contribution is -2.36. The zero-order chi connectivity index (χ0) is 12.1. The van der Waals surface area contributed by atoms with E-state index in [2.05, 4.69) is 20.2 Å². The number of carbonyl (C=O) groups is 1. The first-order chi connectivity index (χ1) is 8.29. The van der Waals surface area contributed by atoms with E-state index >= 15 is 0 Å². The van der Waals surface area contributed by atoms with Gasteiger partial charge in [0, 0.05) is 25.6 Å². The summed E-state index contributed by atoms with van der Waals surface area (Å²) in [5.74, 6) is 1.33. The Labute approximate surface area is 100 Å². The molecule has 17 heavy (non-hydrogen) atoms. The molecule has 2 rings (SSSR count). The molecule has 6 nitrogen and oxygen atoms in total. The van der Waals surface area contributed by atoms with Crippen molar-refractivity contribution in [2.75, 3.05) is 36.5 Å². The minimum atomic E-state index is -0.0448. The SMILES string of the molecule is CCC(=O)Nc1cc(N2CCOCC2)ncn1. The van der Waals surface area contributed by atoms with Crippen LogP contribution in [-0.4, -0.2) is 42.2 Å². The normalized spacial score (nSPS) is 15.7. The fourth-order valence-electron chi connectivity index (χ4n) is 1.61. The van der Waals surface area contributed by atoms with Gasteiger partial charge in [-0.2, -0.15) is 0 Å². The van der Waals surface area contributed by atoms with Crippen LogP contribution in [0, 0.1) is 0 Å². The molecule has 0 bridgehead atoms. The standard InChI is InChI=1S/C11H16N4O2/c1-2-11(16)14-9-7-10(13-8-12-9)15-3-5-17-6-4-15/h7-8H,2-6H2,1H3,(H,12,13,14,16). The molecule has 0 atom stereocenters. The van der Waals surface area contributed by atoms with Crippen LogP contribution in [0.25, 0.3) is 0 Å². The summed E-state index contributed by atoms with van der Waals surface area (Å²) in [6, 6.07) is 1.79. The van der Waals surface area contributed by atoms with E-state index in [0.717, 1.165) is 18.9 Å². The minimum absolute atomic E-state index is 0.0448. The molecule has 1 fully saturated rings. The summed E-state index contributed by atoms with van der Waals surface area (Å²) in [4.78, 5) is 21.6. The number of hydrogen-bond donors (Lipinski definition) is 1. The molecule has 0 saturated carbocycles. The molecule has 0 aromatic carbocycles. The Morgan fingerprint density at radius 1 is 1.47 bits per heavy atom. The number of ether oxygens (including phenoxy) is 1. The lowest BCUT2D eigenvalue weighted by Gasteiger charge is -2.27. The van der Waals surface area contributed by atoms with Crippen LogP contribution in [0.5, 0.6) is 0 Å². The van der Waals surface area contributed by atoms with Crippen LogP contribution in [0.3, 0.4) is 0 Å². The maximum atomic E-state index is 11.3. The third-order valence-corrected chi connectivity index (χ3v) is 2.58. The van der Waals surface area contributed by atoms with Crippen molar-refractivity contribution in [3.8, 4) is 0 Å². The van der Waals surface area contributed by atoms with E-state index in [1.54, 1.807) is 13.0 Å². The number of amides is 1. The average molecular weight is 236 g/mol. The smallest absolute Gasteiger partial charge is 0.225 e. The van der Waals surface area contributed by atoms with Crippen LogP contribution in [0.4, 0.5) is 11.6 Å². The molecule has 0 spiro atoms. The first-order valence-corrected chi connectivity index (χ1v) is 5.74. The molecule has 2 heterocycles. The Bertz CT molecular complexity index is 391. The average Bonchev–Trinajstić information content (AvgIpc) is 2.40. The quantitative estimate of drug-likeness (QED) is 0.835. The predicted molar refractivity (Wildman–Crippen MR) is 64.0 cm³/mol. The number of aromatic nitrogens is 2. The Morgan fingerprint density at radius 2 is 2.24 bits per heavy atom. The molecular weight excluding hydrogens is 220 g/mol. The van der Waals surface area contributed by atoms with Gasteiger partial charge in [0.05, 0.1) is 13.2 Å². The largest absolute Gasteiger partial charge is 0.378 e. The molecule has 1 saturated heterocycles. The number of rotatable bonds is 3. The summed E-state index contributed by atoms with van der Waals surface area (Å²) >= 11 is 0. The summed E-state index contributed by atoms with van der Waals surface area (Å²) in [5.41, 5.74) is 0. The number of hydrogen-bond acceptors (Lipinski definition) is 5. The van der Waals surface area contributed by atoms with Gasteiger partial charge in [-0.3, -0.25) is 4.79 Å². The van der Waals surface area contributed by atoms with Gasteiger partial charge in [0.25, 0.3) is 0 Å². The molecule has 0 unspecified atom stereocenters. The third kappa shape index (κ3) is 3.13. The number of morpholine rings is 1. The predicted octanol–water partition coefficient (Wildman–Crippen LogP) is 0.662. The molecule has 1 N–H and O–H groups in total. The number of nitrogens with zero attached hydrogens (tertiary/aromatic N) is 3. The van der Waals surface area contributed by atoms with E-state index in [1.165, 1.54) is 6.33 Å². The molecule has 1 amide bonds. The summed E-state index contributed by atoms with van der Waals surface area (Å²) in [5, 5.41) is 2.72. The highest BCUT2D eigenvalue weighted by atomic mass is 16.5. The van der Waals surface area contributed by atoms with Crippen molar-refractivity contribution in [2.45, 2.75) is 13.3 Å².